The maximum absolute atomic E-state index is 12.5. The average Bonchev–Trinajstić information content (AvgIpc) is 2.55. The number of para-hydroxylation sites is 1. The fraction of sp³-hybridized carbons (Fsp3) is 0.263. The summed E-state index contributed by atoms with van der Waals surface area (Å²) in [5.74, 6) is -0.496. The highest BCUT2D eigenvalue weighted by Crippen LogP contribution is 2.21. The van der Waals surface area contributed by atoms with E-state index in [4.69, 9.17) is 0 Å². The summed E-state index contributed by atoms with van der Waals surface area (Å²) < 4.78 is 0.788. The Morgan fingerprint density at radius 2 is 1.67 bits per heavy atom. The number of carbonyl (C=O) groups is 2. The molecule has 2 amide bonds. The molecule has 1 N–H and O–H groups in total. The van der Waals surface area contributed by atoms with Gasteiger partial charge in [-0.3, -0.25) is 9.59 Å². The van der Waals surface area contributed by atoms with Crippen molar-refractivity contribution < 1.29 is 9.59 Å². The zero-order valence-corrected chi connectivity index (χ0v) is 15.4. The first kappa shape index (κ1) is 18.2. The Hall–Kier alpha value is -2.14. The van der Waals surface area contributed by atoms with Crippen LogP contribution >= 0.6 is 15.9 Å². The third kappa shape index (κ3) is 5.20. The van der Waals surface area contributed by atoms with E-state index in [1.165, 1.54) is 0 Å². The van der Waals surface area contributed by atoms with E-state index < -0.39 is 0 Å². The van der Waals surface area contributed by atoms with Crippen molar-refractivity contribution >= 4 is 33.4 Å². The van der Waals surface area contributed by atoms with Crippen molar-refractivity contribution in [3.8, 4) is 0 Å². The molecule has 0 aliphatic rings. The molecule has 5 heteroatoms. The molecule has 2 aromatic rings. The summed E-state index contributed by atoms with van der Waals surface area (Å²) in [6, 6.07) is 17.1. The minimum Gasteiger partial charge on any atom is -0.336 e. The zero-order chi connectivity index (χ0) is 17.5. The van der Waals surface area contributed by atoms with E-state index in [2.05, 4.69) is 21.2 Å². The van der Waals surface area contributed by atoms with Crippen molar-refractivity contribution in [1.29, 1.82) is 0 Å². The quantitative estimate of drug-likeness (QED) is 0.753. The molecule has 4 nitrogen and oxygen atoms in total. The molecule has 0 bridgehead atoms. The number of rotatable bonds is 6. The van der Waals surface area contributed by atoms with Crippen LogP contribution < -0.4 is 5.32 Å². The molecule has 0 aromatic heterocycles. The molecule has 0 atom stereocenters. The topological polar surface area (TPSA) is 49.4 Å². The van der Waals surface area contributed by atoms with E-state index in [0.29, 0.717) is 12.2 Å². The zero-order valence-electron chi connectivity index (χ0n) is 13.8. The maximum Gasteiger partial charge on any atom is 0.233 e. The highest BCUT2D eigenvalue weighted by molar-refractivity contribution is 9.10. The van der Waals surface area contributed by atoms with Gasteiger partial charge in [0, 0.05) is 17.1 Å². The smallest absolute Gasteiger partial charge is 0.233 e. The summed E-state index contributed by atoms with van der Waals surface area (Å²) in [5.41, 5.74) is 1.71. The third-order valence-corrected chi connectivity index (χ3v) is 4.29. The van der Waals surface area contributed by atoms with Gasteiger partial charge in [0.2, 0.25) is 11.8 Å². The van der Waals surface area contributed by atoms with Crippen molar-refractivity contribution in [1.82, 2.24) is 4.90 Å². The number of carbonyl (C=O) groups excluding carboxylic acids is 2. The van der Waals surface area contributed by atoms with E-state index in [1.54, 1.807) is 11.0 Å². The van der Waals surface area contributed by atoms with Gasteiger partial charge in [0.05, 0.1) is 5.69 Å². The standard InChI is InChI=1S/C19H21BrN2O2/c1-14(2)22(13-15-8-4-3-5-9-15)19(24)12-18(23)21-17-11-7-6-10-16(17)20/h3-11,14H,12-13H2,1-2H3,(H,21,23). The van der Waals surface area contributed by atoms with Gasteiger partial charge in [0.15, 0.2) is 0 Å². The number of anilines is 1. The van der Waals surface area contributed by atoms with Crippen LogP contribution in [-0.2, 0) is 16.1 Å². The first-order chi connectivity index (χ1) is 11.5. The second kappa shape index (κ2) is 8.64. The van der Waals surface area contributed by atoms with E-state index >= 15 is 0 Å². The average molecular weight is 389 g/mol. The van der Waals surface area contributed by atoms with Crippen LogP contribution in [0.5, 0.6) is 0 Å². The lowest BCUT2D eigenvalue weighted by molar-refractivity contribution is -0.136. The normalized spacial score (nSPS) is 10.5. The van der Waals surface area contributed by atoms with Gasteiger partial charge >= 0.3 is 0 Å². The number of hydrogen-bond donors (Lipinski definition) is 1. The second-order valence-electron chi connectivity index (χ2n) is 5.81. The molecule has 0 heterocycles. The molecule has 126 valence electrons. The van der Waals surface area contributed by atoms with Gasteiger partial charge in [-0.15, -0.1) is 0 Å². The van der Waals surface area contributed by atoms with Gasteiger partial charge in [-0.25, -0.2) is 0 Å². The summed E-state index contributed by atoms with van der Waals surface area (Å²) in [6.45, 7) is 4.40. The van der Waals surface area contributed by atoms with Crippen LogP contribution in [0.3, 0.4) is 0 Å². The first-order valence-corrected chi connectivity index (χ1v) is 8.64. The molecule has 0 aliphatic carbocycles. The highest BCUT2D eigenvalue weighted by atomic mass is 79.9. The Labute approximate surface area is 151 Å². The third-order valence-electron chi connectivity index (χ3n) is 3.60. The molecule has 0 unspecified atom stereocenters. The van der Waals surface area contributed by atoms with Gasteiger partial charge in [0.1, 0.15) is 6.42 Å². The van der Waals surface area contributed by atoms with E-state index in [9.17, 15) is 9.59 Å². The molecule has 0 aliphatic heterocycles. The lowest BCUT2D eigenvalue weighted by atomic mass is 10.1. The van der Waals surface area contributed by atoms with Crippen LogP contribution in [0.4, 0.5) is 5.69 Å². The van der Waals surface area contributed by atoms with Crippen molar-refractivity contribution in [2.24, 2.45) is 0 Å². The fourth-order valence-corrected chi connectivity index (χ4v) is 2.72. The number of nitrogens with zero attached hydrogens (tertiary/aromatic N) is 1. The monoisotopic (exact) mass is 388 g/mol. The molecule has 0 radical (unpaired) electrons. The molecule has 2 rings (SSSR count). The van der Waals surface area contributed by atoms with Crippen molar-refractivity contribution in [2.45, 2.75) is 32.9 Å². The summed E-state index contributed by atoms with van der Waals surface area (Å²) in [5, 5.41) is 2.77. The van der Waals surface area contributed by atoms with Crippen LogP contribution in [0.25, 0.3) is 0 Å². The number of amides is 2. The van der Waals surface area contributed by atoms with Crippen LogP contribution in [0.2, 0.25) is 0 Å². The SMILES string of the molecule is CC(C)N(Cc1ccccc1)C(=O)CC(=O)Nc1ccccc1Br. The van der Waals surface area contributed by atoms with E-state index in [-0.39, 0.29) is 24.3 Å². The molecule has 0 spiro atoms. The van der Waals surface area contributed by atoms with Crippen molar-refractivity contribution in [2.75, 3.05) is 5.32 Å². The number of halogens is 1. The predicted molar refractivity (Wildman–Crippen MR) is 99.5 cm³/mol. The molecular formula is C19H21BrN2O2. The van der Waals surface area contributed by atoms with Crippen molar-refractivity contribution in [3.05, 3.63) is 64.6 Å². The Kier molecular flexibility index (Phi) is 6.55. The van der Waals surface area contributed by atoms with Gasteiger partial charge < -0.3 is 10.2 Å². The van der Waals surface area contributed by atoms with Crippen LogP contribution in [0.15, 0.2) is 59.1 Å². The molecule has 24 heavy (non-hydrogen) atoms. The number of benzene rings is 2. The van der Waals surface area contributed by atoms with Crippen LogP contribution in [0, 0.1) is 0 Å². The lowest BCUT2D eigenvalue weighted by Gasteiger charge is -2.27. The van der Waals surface area contributed by atoms with Gasteiger partial charge in [-0.2, -0.15) is 0 Å². The van der Waals surface area contributed by atoms with Crippen molar-refractivity contribution in [3.63, 3.8) is 0 Å². The Balaban J connectivity index is 2.00. The molecule has 0 fully saturated rings. The summed E-state index contributed by atoms with van der Waals surface area (Å²) >= 11 is 3.38. The number of nitrogens with one attached hydrogen (secondary N) is 1. The molecular weight excluding hydrogens is 368 g/mol. The van der Waals surface area contributed by atoms with Gasteiger partial charge in [-0.05, 0) is 47.5 Å². The minimum atomic E-state index is -0.314. The van der Waals surface area contributed by atoms with E-state index in [1.807, 2.05) is 62.4 Å². The number of hydrogen-bond acceptors (Lipinski definition) is 2. The second-order valence-corrected chi connectivity index (χ2v) is 6.66. The highest BCUT2D eigenvalue weighted by Gasteiger charge is 2.20. The summed E-state index contributed by atoms with van der Waals surface area (Å²) in [4.78, 5) is 26.4. The van der Waals surface area contributed by atoms with Crippen LogP contribution in [0.1, 0.15) is 25.8 Å². The van der Waals surface area contributed by atoms with Gasteiger partial charge in [0.25, 0.3) is 0 Å². The Morgan fingerprint density at radius 3 is 2.29 bits per heavy atom. The lowest BCUT2D eigenvalue weighted by Crippen LogP contribution is -2.38. The first-order valence-electron chi connectivity index (χ1n) is 7.85. The Bertz CT molecular complexity index is 702. The molecule has 0 saturated carbocycles. The van der Waals surface area contributed by atoms with E-state index in [0.717, 1.165) is 10.0 Å². The van der Waals surface area contributed by atoms with Crippen LogP contribution in [-0.4, -0.2) is 22.8 Å². The fourth-order valence-electron chi connectivity index (χ4n) is 2.33. The molecule has 0 saturated heterocycles. The Morgan fingerprint density at radius 1 is 1.04 bits per heavy atom. The summed E-state index contributed by atoms with van der Waals surface area (Å²) in [7, 11) is 0. The minimum absolute atomic E-state index is 0.0222. The predicted octanol–water partition coefficient (Wildman–Crippen LogP) is 4.21. The maximum atomic E-state index is 12.5. The van der Waals surface area contributed by atoms with Gasteiger partial charge in [-0.1, -0.05) is 42.5 Å². The largest absolute Gasteiger partial charge is 0.336 e. The molecule has 2 aromatic carbocycles. The summed E-state index contributed by atoms with van der Waals surface area (Å²) in [6.07, 6.45) is -0.174.